The maximum Gasteiger partial charge on any atom is 0.266 e. The molecule has 2 aliphatic heterocycles. The van der Waals surface area contributed by atoms with Crippen molar-refractivity contribution in [1.29, 1.82) is 5.26 Å². The van der Waals surface area contributed by atoms with Gasteiger partial charge in [0.1, 0.15) is 17.5 Å². The van der Waals surface area contributed by atoms with Crippen LogP contribution in [0.1, 0.15) is 0 Å². The van der Waals surface area contributed by atoms with Crippen LogP contribution < -0.4 is 4.90 Å². The molecule has 6 nitrogen and oxygen atoms in total. The summed E-state index contributed by atoms with van der Waals surface area (Å²) >= 11 is 0. The van der Waals surface area contributed by atoms with Gasteiger partial charge in [-0.1, -0.05) is 12.1 Å². The van der Waals surface area contributed by atoms with E-state index in [9.17, 15) is 14.4 Å². The number of piperazine rings is 2. The number of hydrogen-bond acceptors (Lipinski definition) is 5. The summed E-state index contributed by atoms with van der Waals surface area (Å²) < 4.78 is 13.9. The molecule has 0 unspecified atom stereocenters. The lowest BCUT2D eigenvalue weighted by Crippen LogP contribution is -2.48. The molecule has 26 heavy (non-hydrogen) atoms. The summed E-state index contributed by atoms with van der Waals surface area (Å²) in [4.78, 5) is 20.4. The first-order valence-corrected chi connectivity index (χ1v) is 8.92. The Morgan fingerprint density at radius 1 is 1.08 bits per heavy atom. The largest absolute Gasteiger partial charge is 0.373 e. The molecule has 138 valence electrons. The highest BCUT2D eigenvalue weighted by Gasteiger charge is 2.24. The van der Waals surface area contributed by atoms with Crippen molar-refractivity contribution < 1.29 is 9.18 Å². The van der Waals surface area contributed by atoms with Crippen molar-refractivity contribution in [3.05, 3.63) is 41.9 Å². The average molecular weight is 357 g/mol. The highest BCUT2D eigenvalue weighted by atomic mass is 19.1. The van der Waals surface area contributed by atoms with Crippen molar-refractivity contribution in [2.24, 2.45) is 0 Å². The maximum atomic E-state index is 13.9. The molecular weight excluding hydrogens is 333 g/mol. The number of halogens is 1. The number of carbonyl (C=O) groups excluding carboxylic acids is 1. The zero-order chi connectivity index (χ0) is 18.5. The zero-order valence-electron chi connectivity index (χ0n) is 15.1. The van der Waals surface area contributed by atoms with Gasteiger partial charge in [0.05, 0.1) is 5.69 Å². The minimum atomic E-state index is -0.223. The summed E-state index contributed by atoms with van der Waals surface area (Å²) in [5.41, 5.74) is 0.777. The van der Waals surface area contributed by atoms with Crippen LogP contribution in [0.3, 0.4) is 0 Å². The monoisotopic (exact) mass is 357 g/mol. The lowest BCUT2D eigenvalue weighted by atomic mass is 10.2. The number of likely N-dealkylation sites (N-methyl/N-ethyl adjacent to an activating group) is 1. The molecule has 0 atom stereocenters. The third kappa shape index (κ3) is 4.14. The van der Waals surface area contributed by atoms with Crippen molar-refractivity contribution in [3.8, 4) is 6.07 Å². The molecule has 0 radical (unpaired) electrons. The summed E-state index contributed by atoms with van der Waals surface area (Å²) in [5.74, 6) is -0.420. The third-order valence-corrected chi connectivity index (χ3v) is 4.96. The molecule has 0 bridgehead atoms. The zero-order valence-corrected chi connectivity index (χ0v) is 15.1. The fourth-order valence-electron chi connectivity index (χ4n) is 3.29. The maximum absolute atomic E-state index is 13.9. The van der Waals surface area contributed by atoms with Gasteiger partial charge in [-0.3, -0.25) is 4.79 Å². The van der Waals surface area contributed by atoms with Crippen molar-refractivity contribution in [2.75, 3.05) is 64.3 Å². The van der Waals surface area contributed by atoms with Gasteiger partial charge in [0, 0.05) is 58.6 Å². The molecule has 2 heterocycles. The number of carbonyl (C=O) groups is 1. The Kier molecular flexibility index (Phi) is 5.74. The van der Waals surface area contributed by atoms with Crippen LogP contribution in [0.2, 0.25) is 0 Å². The average Bonchev–Trinajstić information content (AvgIpc) is 2.67. The molecular formula is C19H24FN5O. The standard InChI is InChI=1S/C19H24FN5O/c1-22-6-10-25(11-7-22)19(26)16(14-21)15-23-8-12-24(13-9-23)18-5-3-2-4-17(18)20/h2-5,15H,6-13H2,1H3/b16-15-. The first-order chi connectivity index (χ1) is 12.6. The summed E-state index contributed by atoms with van der Waals surface area (Å²) in [6.07, 6.45) is 1.67. The Balaban J connectivity index is 1.60. The minimum Gasteiger partial charge on any atom is -0.373 e. The van der Waals surface area contributed by atoms with E-state index >= 15 is 0 Å². The van der Waals surface area contributed by atoms with Gasteiger partial charge < -0.3 is 19.6 Å². The van der Waals surface area contributed by atoms with Crippen molar-refractivity contribution in [2.45, 2.75) is 0 Å². The lowest BCUT2D eigenvalue weighted by molar-refractivity contribution is -0.128. The van der Waals surface area contributed by atoms with Crippen LogP contribution in [0.25, 0.3) is 0 Å². The number of para-hydroxylation sites is 1. The number of anilines is 1. The molecule has 0 N–H and O–H groups in total. The van der Waals surface area contributed by atoms with E-state index in [1.165, 1.54) is 6.07 Å². The summed E-state index contributed by atoms with van der Waals surface area (Å²) in [6, 6.07) is 8.80. The van der Waals surface area contributed by atoms with Gasteiger partial charge in [0.25, 0.3) is 5.91 Å². The third-order valence-electron chi connectivity index (χ3n) is 4.96. The summed E-state index contributed by atoms with van der Waals surface area (Å²) in [6.45, 7) is 5.55. The topological polar surface area (TPSA) is 53.8 Å². The molecule has 2 saturated heterocycles. The number of benzene rings is 1. The smallest absolute Gasteiger partial charge is 0.266 e. The molecule has 1 amide bonds. The second kappa shape index (κ2) is 8.19. The highest BCUT2D eigenvalue weighted by molar-refractivity contribution is 5.97. The van der Waals surface area contributed by atoms with Crippen molar-refractivity contribution in [3.63, 3.8) is 0 Å². The Morgan fingerprint density at radius 3 is 2.35 bits per heavy atom. The van der Waals surface area contributed by atoms with Crippen LogP contribution in [0.15, 0.2) is 36.0 Å². The fraction of sp³-hybridized carbons (Fsp3) is 0.474. The van der Waals surface area contributed by atoms with Gasteiger partial charge in [-0.15, -0.1) is 0 Å². The van der Waals surface area contributed by atoms with Gasteiger partial charge in [-0.25, -0.2) is 4.39 Å². The first kappa shape index (κ1) is 18.2. The predicted molar refractivity (Wildman–Crippen MR) is 98.0 cm³/mol. The molecule has 2 aliphatic rings. The fourth-order valence-corrected chi connectivity index (χ4v) is 3.29. The molecule has 7 heteroatoms. The van der Waals surface area contributed by atoms with Crippen molar-refractivity contribution in [1.82, 2.24) is 14.7 Å². The van der Waals surface area contributed by atoms with E-state index in [0.717, 1.165) is 13.1 Å². The number of hydrogen-bond donors (Lipinski definition) is 0. The van der Waals surface area contributed by atoms with Gasteiger partial charge in [0.2, 0.25) is 0 Å². The van der Waals surface area contributed by atoms with E-state index in [4.69, 9.17) is 0 Å². The van der Waals surface area contributed by atoms with E-state index in [1.807, 2.05) is 22.9 Å². The van der Waals surface area contributed by atoms with E-state index in [1.54, 1.807) is 23.2 Å². The Morgan fingerprint density at radius 2 is 1.73 bits per heavy atom. The molecule has 0 aromatic heterocycles. The van der Waals surface area contributed by atoms with Gasteiger partial charge in [-0.05, 0) is 19.2 Å². The van der Waals surface area contributed by atoms with Gasteiger partial charge in [-0.2, -0.15) is 5.26 Å². The predicted octanol–water partition coefficient (Wildman–Crippen LogP) is 1.13. The molecule has 0 aliphatic carbocycles. The van der Waals surface area contributed by atoms with Crippen molar-refractivity contribution >= 4 is 11.6 Å². The minimum absolute atomic E-state index is 0.175. The molecule has 1 aromatic carbocycles. The van der Waals surface area contributed by atoms with E-state index in [0.29, 0.717) is 45.0 Å². The van der Waals surface area contributed by atoms with Crippen LogP contribution in [-0.2, 0) is 4.79 Å². The summed E-state index contributed by atoms with van der Waals surface area (Å²) in [5, 5.41) is 9.41. The highest BCUT2D eigenvalue weighted by Crippen LogP contribution is 2.20. The Hall–Kier alpha value is -2.59. The normalized spacial score (nSPS) is 19.4. The molecule has 1 aromatic rings. The first-order valence-electron chi connectivity index (χ1n) is 8.92. The van der Waals surface area contributed by atoms with Crippen LogP contribution >= 0.6 is 0 Å². The molecule has 3 rings (SSSR count). The molecule has 0 saturated carbocycles. The molecule has 0 spiro atoms. The SMILES string of the molecule is CN1CCN(C(=O)/C(C#N)=C\N2CCN(c3ccccc3F)CC2)CC1. The van der Waals surface area contributed by atoms with Crippen LogP contribution in [0.5, 0.6) is 0 Å². The second-order valence-corrected chi connectivity index (χ2v) is 6.72. The number of amides is 1. The lowest BCUT2D eigenvalue weighted by Gasteiger charge is -2.36. The second-order valence-electron chi connectivity index (χ2n) is 6.72. The number of rotatable bonds is 3. The van der Waals surface area contributed by atoms with Crippen LogP contribution in [0.4, 0.5) is 10.1 Å². The summed E-state index contributed by atoms with van der Waals surface area (Å²) in [7, 11) is 2.03. The number of nitrogens with zero attached hydrogens (tertiary/aromatic N) is 5. The van der Waals surface area contributed by atoms with E-state index in [-0.39, 0.29) is 17.3 Å². The van der Waals surface area contributed by atoms with E-state index in [2.05, 4.69) is 11.0 Å². The Bertz CT molecular complexity index is 713. The molecule has 2 fully saturated rings. The van der Waals surface area contributed by atoms with Crippen LogP contribution in [-0.4, -0.2) is 80.0 Å². The van der Waals surface area contributed by atoms with Gasteiger partial charge >= 0.3 is 0 Å². The van der Waals surface area contributed by atoms with E-state index < -0.39 is 0 Å². The number of nitriles is 1. The van der Waals surface area contributed by atoms with Gasteiger partial charge in [0.15, 0.2) is 0 Å². The quantitative estimate of drug-likeness (QED) is 0.600. The van der Waals surface area contributed by atoms with Crippen LogP contribution in [0, 0.1) is 17.1 Å². The Labute approximate surface area is 153 Å².